The molecule has 0 aromatic heterocycles. The number of methoxy groups -OCH3 is 1. The Balaban J connectivity index is 2.73. The molecule has 88 valence electrons. The van der Waals surface area contributed by atoms with Gasteiger partial charge in [0.2, 0.25) is 0 Å². The smallest absolute Gasteiger partial charge is 0.119 e. The number of hydrogen-bond acceptors (Lipinski definition) is 2. The fourth-order valence-corrected chi connectivity index (χ4v) is 1.69. The van der Waals surface area contributed by atoms with Gasteiger partial charge >= 0.3 is 0 Å². The van der Waals surface area contributed by atoms with Crippen molar-refractivity contribution in [1.29, 1.82) is 0 Å². The van der Waals surface area contributed by atoms with Crippen LogP contribution in [0.1, 0.15) is 17.9 Å². The normalized spacial score (nSPS) is 12.5. The van der Waals surface area contributed by atoms with Crippen LogP contribution in [-0.2, 0) is 0 Å². The second-order valence-electron chi connectivity index (χ2n) is 4.21. The lowest BCUT2D eigenvalue weighted by molar-refractivity contribution is 0.391. The summed E-state index contributed by atoms with van der Waals surface area (Å²) < 4.78 is 5.23. The number of ether oxygens (including phenoxy) is 1. The molecule has 1 atom stereocenters. The average Bonchev–Trinajstić information content (AvgIpc) is 2.30. The van der Waals surface area contributed by atoms with Crippen LogP contribution < -0.4 is 4.74 Å². The van der Waals surface area contributed by atoms with Crippen LogP contribution in [0.25, 0.3) is 0 Å². The topological polar surface area (TPSA) is 12.5 Å². The van der Waals surface area contributed by atoms with Gasteiger partial charge in [-0.3, -0.25) is 0 Å². The van der Waals surface area contributed by atoms with Crippen molar-refractivity contribution in [2.45, 2.75) is 12.3 Å². The monoisotopic (exact) mass is 219 g/mol. The minimum Gasteiger partial charge on any atom is -0.497 e. The summed E-state index contributed by atoms with van der Waals surface area (Å²) in [6.07, 6.45) is 3.10. The molecular formula is C14H21NO. The molecule has 1 rings (SSSR count). The van der Waals surface area contributed by atoms with E-state index in [1.807, 2.05) is 18.2 Å². The summed E-state index contributed by atoms with van der Waals surface area (Å²) in [5, 5.41) is 0. The maximum atomic E-state index is 5.23. The lowest BCUT2D eigenvalue weighted by atomic mass is 9.95. The molecule has 0 spiro atoms. The molecule has 0 radical (unpaired) electrons. The third kappa shape index (κ3) is 3.70. The first-order chi connectivity index (χ1) is 7.67. The molecule has 0 fully saturated rings. The van der Waals surface area contributed by atoms with Gasteiger partial charge in [0.1, 0.15) is 5.75 Å². The number of hydrogen-bond donors (Lipinski definition) is 0. The highest BCUT2D eigenvalue weighted by Gasteiger charge is 2.08. The number of nitrogens with zero attached hydrogens (tertiary/aromatic N) is 1. The van der Waals surface area contributed by atoms with Gasteiger partial charge in [0.05, 0.1) is 7.11 Å². The Morgan fingerprint density at radius 2 is 2.19 bits per heavy atom. The van der Waals surface area contributed by atoms with Gasteiger partial charge in [-0.05, 0) is 44.8 Å². The molecule has 0 aliphatic heterocycles. The van der Waals surface area contributed by atoms with E-state index in [1.54, 1.807) is 7.11 Å². The Bertz CT molecular complexity index is 333. The Hall–Kier alpha value is -1.28. The van der Waals surface area contributed by atoms with Gasteiger partial charge in [-0.1, -0.05) is 18.2 Å². The van der Waals surface area contributed by atoms with E-state index in [9.17, 15) is 0 Å². The van der Waals surface area contributed by atoms with Crippen molar-refractivity contribution in [2.75, 3.05) is 27.7 Å². The van der Waals surface area contributed by atoms with Crippen LogP contribution in [-0.4, -0.2) is 32.6 Å². The second-order valence-corrected chi connectivity index (χ2v) is 4.21. The van der Waals surface area contributed by atoms with Gasteiger partial charge in [0, 0.05) is 5.92 Å². The molecule has 1 aromatic rings. The first-order valence-electron chi connectivity index (χ1n) is 5.58. The highest BCUT2D eigenvalue weighted by molar-refractivity contribution is 5.32. The van der Waals surface area contributed by atoms with Gasteiger partial charge < -0.3 is 9.64 Å². The molecule has 0 amide bonds. The highest BCUT2D eigenvalue weighted by atomic mass is 16.5. The van der Waals surface area contributed by atoms with Crippen molar-refractivity contribution in [3.63, 3.8) is 0 Å². The van der Waals surface area contributed by atoms with Crippen LogP contribution in [0.4, 0.5) is 0 Å². The van der Waals surface area contributed by atoms with Gasteiger partial charge in [-0.2, -0.15) is 0 Å². The minimum absolute atomic E-state index is 0.400. The predicted octanol–water partition coefficient (Wildman–Crippen LogP) is 2.92. The molecular weight excluding hydrogens is 198 g/mol. The number of allylic oxidation sites excluding steroid dienone is 1. The van der Waals surface area contributed by atoms with Crippen molar-refractivity contribution in [1.82, 2.24) is 4.90 Å². The van der Waals surface area contributed by atoms with E-state index >= 15 is 0 Å². The van der Waals surface area contributed by atoms with E-state index in [1.165, 1.54) is 5.56 Å². The first-order valence-corrected chi connectivity index (χ1v) is 5.58. The fourth-order valence-electron chi connectivity index (χ4n) is 1.69. The number of rotatable bonds is 6. The Morgan fingerprint density at radius 3 is 2.75 bits per heavy atom. The summed E-state index contributed by atoms with van der Waals surface area (Å²) >= 11 is 0. The summed E-state index contributed by atoms with van der Waals surface area (Å²) in [5.41, 5.74) is 1.27. The van der Waals surface area contributed by atoms with Crippen molar-refractivity contribution in [2.24, 2.45) is 0 Å². The second kappa shape index (κ2) is 6.33. The SMILES string of the molecule is C=C[C@@H](CCN(C)C)c1cccc(OC)c1. The maximum absolute atomic E-state index is 5.23. The predicted molar refractivity (Wildman–Crippen MR) is 69.1 cm³/mol. The quantitative estimate of drug-likeness (QED) is 0.682. The zero-order chi connectivity index (χ0) is 12.0. The highest BCUT2D eigenvalue weighted by Crippen LogP contribution is 2.24. The molecule has 16 heavy (non-hydrogen) atoms. The summed E-state index contributed by atoms with van der Waals surface area (Å²) in [7, 11) is 5.87. The molecule has 0 bridgehead atoms. The van der Waals surface area contributed by atoms with Gasteiger partial charge in [0.25, 0.3) is 0 Å². The van der Waals surface area contributed by atoms with E-state index in [4.69, 9.17) is 4.74 Å². The molecule has 1 aromatic carbocycles. The van der Waals surface area contributed by atoms with E-state index in [-0.39, 0.29) is 0 Å². The molecule has 0 saturated carbocycles. The van der Waals surface area contributed by atoms with E-state index in [2.05, 4.69) is 37.7 Å². The molecule has 0 aliphatic carbocycles. The van der Waals surface area contributed by atoms with Crippen LogP contribution in [0, 0.1) is 0 Å². The lowest BCUT2D eigenvalue weighted by Crippen LogP contribution is -2.15. The van der Waals surface area contributed by atoms with E-state index in [0.717, 1.165) is 18.7 Å². The molecule has 0 heterocycles. The largest absolute Gasteiger partial charge is 0.497 e. The van der Waals surface area contributed by atoms with Crippen molar-refractivity contribution < 1.29 is 4.74 Å². The van der Waals surface area contributed by atoms with Crippen molar-refractivity contribution in [3.8, 4) is 5.75 Å². The minimum atomic E-state index is 0.400. The van der Waals surface area contributed by atoms with Crippen LogP contribution in [0.2, 0.25) is 0 Å². The van der Waals surface area contributed by atoms with Crippen molar-refractivity contribution >= 4 is 0 Å². The van der Waals surface area contributed by atoms with Crippen LogP contribution in [0.15, 0.2) is 36.9 Å². The third-order valence-electron chi connectivity index (χ3n) is 2.69. The average molecular weight is 219 g/mol. The Labute approximate surface area is 98.5 Å². The van der Waals surface area contributed by atoms with E-state index < -0.39 is 0 Å². The Kier molecular flexibility index (Phi) is 5.06. The molecule has 0 aliphatic rings. The van der Waals surface area contributed by atoms with Crippen LogP contribution >= 0.6 is 0 Å². The standard InChI is InChI=1S/C14H21NO/c1-5-12(9-10-15(2)3)13-7-6-8-14(11-13)16-4/h5-8,11-12H,1,9-10H2,2-4H3/t12-/m0/s1. The molecule has 0 N–H and O–H groups in total. The first kappa shape index (κ1) is 12.8. The molecule has 2 nitrogen and oxygen atoms in total. The third-order valence-corrected chi connectivity index (χ3v) is 2.69. The summed E-state index contributed by atoms with van der Waals surface area (Å²) in [6, 6.07) is 8.21. The molecule has 0 saturated heterocycles. The zero-order valence-corrected chi connectivity index (χ0v) is 10.4. The lowest BCUT2D eigenvalue weighted by Gasteiger charge is -2.16. The maximum Gasteiger partial charge on any atom is 0.119 e. The van der Waals surface area contributed by atoms with Crippen LogP contribution in [0.5, 0.6) is 5.75 Å². The van der Waals surface area contributed by atoms with Gasteiger partial charge in [-0.25, -0.2) is 0 Å². The van der Waals surface area contributed by atoms with Crippen LogP contribution in [0.3, 0.4) is 0 Å². The molecule has 2 heteroatoms. The summed E-state index contributed by atoms with van der Waals surface area (Å²) in [6.45, 7) is 4.97. The summed E-state index contributed by atoms with van der Waals surface area (Å²) in [4.78, 5) is 2.19. The summed E-state index contributed by atoms with van der Waals surface area (Å²) in [5.74, 6) is 1.31. The molecule has 0 unspecified atom stereocenters. The fraction of sp³-hybridized carbons (Fsp3) is 0.429. The van der Waals surface area contributed by atoms with Gasteiger partial charge in [-0.15, -0.1) is 6.58 Å². The zero-order valence-electron chi connectivity index (χ0n) is 10.4. The number of benzene rings is 1. The van der Waals surface area contributed by atoms with E-state index in [0.29, 0.717) is 5.92 Å². The van der Waals surface area contributed by atoms with Crippen molar-refractivity contribution in [3.05, 3.63) is 42.5 Å². The Morgan fingerprint density at radius 1 is 1.44 bits per heavy atom. The van der Waals surface area contributed by atoms with Gasteiger partial charge in [0.15, 0.2) is 0 Å².